The fraction of sp³-hybridized carbons (Fsp3) is 0.517. The highest BCUT2D eigenvalue weighted by Gasteiger charge is 2.47. The number of nitrogens with one attached hydrogen (secondary N) is 2. The summed E-state index contributed by atoms with van der Waals surface area (Å²) < 4.78 is 44.0. The molecule has 39 heavy (non-hydrogen) atoms. The lowest BCUT2D eigenvalue weighted by atomic mass is 9.68. The first kappa shape index (κ1) is 28.7. The second-order valence-electron chi connectivity index (χ2n) is 10.4. The van der Waals surface area contributed by atoms with E-state index in [0.717, 1.165) is 62.6 Å². The molecule has 2 aliphatic rings. The van der Waals surface area contributed by atoms with Gasteiger partial charge in [-0.25, -0.2) is 0 Å². The molecular formula is C29H35F3N4O3. The number of ether oxygens (including phenoxy) is 1. The molecule has 3 atom stereocenters. The van der Waals surface area contributed by atoms with Crippen LogP contribution in [-0.2, 0) is 25.9 Å². The SMILES string of the molecule is C=CC1C[C@H](OC(=O)C2(c3ccccc3)CCCCCC2)C1CCNCC(=O)Nc1ccc(C(F)(F)F)nn1. The predicted octanol–water partition coefficient (Wildman–Crippen LogP) is 5.44. The summed E-state index contributed by atoms with van der Waals surface area (Å²) in [5.41, 5.74) is -0.711. The Morgan fingerprint density at radius 1 is 1.05 bits per heavy atom. The Hall–Kier alpha value is -3.27. The Labute approximate surface area is 226 Å². The van der Waals surface area contributed by atoms with Gasteiger partial charge in [0.2, 0.25) is 5.91 Å². The van der Waals surface area contributed by atoms with Gasteiger partial charge >= 0.3 is 12.1 Å². The molecule has 1 heterocycles. The first-order chi connectivity index (χ1) is 18.7. The van der Waals surface area contributed by atoms with Gasteiger partial charge in [-0.05, 0) is 55.8 Å². The minimum absolute atomic E-state index is 0.0459. The van der Waals surface area contributed by atoms with Crippen molar-refractivity contribution in [2.45, 2.75) is 69.1 Å². The molecule has 0 radical (unpaired) electrons. The molecule has 0 saturated heterocycles. The molecule has 1 amide bonds. The molecular weight excluding hydrogens is 509 g/mol. The average Bonchev–Trinajstić information content (AvgIpc) is 3.18. The number of esters is 1. The van der Waals surface area contributed by atoms with Gasteiger partial charge in [-0.1, -0.05) is 62.1 Å². The van der Waals surface area contributed by atoms with Gasteiger partial charge in [-0.3, -0.25) is 9.59 Å². The fourth-order valence-corrected chi connectivity index (χ4v) is 5.66. The van der Waals surface area contributed by atoms with Crippen LogP contribution in [0.4, 0.5) is 19.0 Å². The minimum atomic E-state index is -4.59. The highest BCUT2D eigenvalue weighted by Crippen LogP contribution is 2.44. The van der Waals surface area contributed by atoms with E-state index in [2.05, 4.69) is 27.4 Å². The third-order valence-electron chi connectivity index (χ3n) is 7.93. The first-order valence-corrected chi connectivity index (χ1v) is 13.5. The molecule has 1 aromatic carbocycles. The number of hydrogen-bond acceptors (Lipinski definition) is 6. The van der Waals surface area contributed by atoms with Gasteiger partial charge in [0.05, 0.1) is 12.0 Å². The molecule has 2 saturated carbocycles. The Morgan fingerprint density at radius 2 is 1.77 bits per heavy atom. The minimum Gasteiger partial charge on any atom is -0.461 e. The summed E-state index contributed by atoms with van der Waals surface area (Å²) in [5, 5.41) is 12.0. The molecule has 0 bridgehead atoms. The van der Waals surface area contributed by atoms with E-state index in [-0.39, 0.29) is 36.3 Å². The molecule has 2 aliphatic carbocycles. The Bertz CT molecular complexity index is 1120. The standard InChI is InChI=1S/C29H35F3N4O3/c1-2-20-18-23(39-27(38)28(15-8-3-4-9-16-28)21-10-6-5-7-11-21)22(20)14-17-33-19-26(37)34-25-13-12-24(35-36-25)29(30,31)32/h2,5-7,10-13,20,22-23,33H,1,3-4,8-9,14-19H2,(H,34,36,37)/t20?,22?,23-/m0/s1. The number of carbonyl (C=O) groups excluding carboxylic acids is 2. The molecule has 2 fully saturated rings. The molecule has 10 heteroatoms. The van der Waals surface area contributed by atoms with Crippen LogP contribution in [0.2, 0.25) is 0 Å². The van der Waals surface area contributed by atoms with Gasteiger partial charge < -0.3 is 15.4 Å². The first-order valence-electron chi connectivity index (χ1n) is 13.5. The molecule has 4 rings (SSSR count). The Balaban J connectivity index is 1.28. The Morgan fingerprint density at radius 3 is 2.38 bits per heavy atom. The van der Waals surface area contributed by atoms with Crippen molar-refractivity contribution in [2.24, 2.45) is 11.8 Å². The van der Waals surface area contributed by atoms with E-state index in [1.807, 2.05) is 36.4 Å². The number of alkyl halides is 3. The number of aromatic nitrogens is 2. The summed E-state index contributed by atoms with van der Waals surface area (Å²) in [7, 11) is 0. The summed E-state index contributed by atoms with van der Waals surface area (Å²) >= 11 is 0. The second-order valence-corrected chi connectivity index (χ2v) is 10.4. The van der Waals surface area contributed by atoms with Gasteiger partial charge in [-0.2, -0.15) is 13.2 Å². The van der Waals surface area contributed by atoms with Crippen molar-refractivity contribution in [1.29, 1.82) is 0 Å². The van der Waals surface area contributed by atoms with Crippen molar-refractivity contribution in [2.75, 3.05) is 18.4 Å². The normalized spacial score (nSPS) is 22.7. The van der Waals surface area contributed by atoms with Crippen molar-refractivity contribution >= 4 is 17.7 Å². The number of rotatable bonds is 10. The fourth-order valence-electron chi connectivity index (χ4n) is 5.66. The Kier molecular flexibility index (Phi) is 9.37. The van der Waals surface area contributed by atoms with E-state index in [9.17, 15) is 22.8 Å². The van der Waals surface area contributed by atoms with Crippen LogP contribution in [-0.4, -0.2) is 41.3 Å². The molecule has 0 spiro atoms. The maximum atomic E-state index is 13.7. The number of hydrogen-bond donors (Lipinski definition) is 2. The number of carbonyl (C=O) groups is 2. The van der Waals surface area contributed by atoms with Crippen molar-refractivity contribution < 1.29 is 27.5 Å². The maximum absolute atomic E-state index is 13.7. The molecule has 7 nitrogen and oxygen atoms in total. The van der Waals surface area contributed by atoms with Crippen LogP contribution in [0.25, 0.3) is 0 Å². The van der Waals surface area contributed by atoms with Crippen LogP contribution >= 0.6 is 0 Å². The number of benzene rings is 1. The zero-order chi connectivity index (χ0) is 27.9. The lowest BCUT2D eigenvalue weighted by Crippen LogP contribution is -2.48. The molecule has 1 aromatic heterocycles. The summed E-state index contributed by atoms with van der Waals surface area (Å²) in [4.78, 5) is 25.9. The zero-order valence-corrected chi connectivity index (χ0v) is 21.9. The van der Waals surface area contributed by atoms with E-state index >= 15 is 0 Å². The summed E-state index contributed by atoms with van der Waals surface area (Å²) in [6.45, 7) is 4.38. The van der Waals surface area contributed by atoms with Crippen LogP contribution < -0.4 is 10.6 Å². The highest BCUT2D eigenvalue weighted by atomic mass is 19.4. The third-order valence-corrected chi connectivity index (χ3v) is 7.93. The van der Waals surface area contributed by atoms with Crippen LogP contribution in [0.3, 0.4) is 0 Å². The molecule has 2 aromatic rings. The van der Waals surface area contributed by atoms with Gasteiger partial charge in [0.25, 0.3) is 0 Å². The summed E-state index contributed by atoms with van der Waals surface area (Å²) in [6, 6.07) is 11.8. The van der Waals surface area contributed by atoms with E-state index < -0.39 is 23.2 Å². The monoisotopic (exact) mass is 544 g/mol. The predicted molar refractivity (Wildman–Crippen MR) is 141 cm³/mol. The quantitative estimate of drug-likeness (QED) is 0.179. The van der Waals surface area contributed by atoms with Crippen molar-refractivity contribution in [1.82, 2.24) is 15.5 Å². The molecule has 0 aliphatic heterocycles. The van der Waals surface area contributed by atoms with Crippen LogP contribution in [0.15, 0.2) is 55.1 Å². The van der Waals surface area contributed by atoms with Crippen LogP contribution in [0, 0.1) is 11.8 Å². The maximum Gasteiger partial charge on any atom is 0.435 e. The van der Waals surface area contributed by atoms with Crippen LogP contribution in [0.1, 0.15) is 62.6 Å². The van der Waals surface area contributed by atoms with Crippen molar-refractivity contribution in [3.8, 4) is 0 Å². The smallest absolute Gasteiger partial charge is 0.435 e. The van der Waals surface area contributed by atoms with Crippen LogP contribution in [0.5, 0.6) is 0 Å². The molecule has 210 valence electrons. The lowest BCUT2D eigenvalue weighted by molar-refractivity contribution is -0.169. The van der Waals surface area contributed by atoms with Gasteiger partial charge in [0, 0.05) is 5.92 Å². The van der Waals surface area contributed by atoms with Gasteiger partial charge in [0.1, 0.15) is 6.10 Å². The molecule has 2 unspecified atom stereocenters. The van der Waals surface area contributed by atoms with Crippen molar-refractivity contribution in [3.05, 3.63) is 66.4 Å². The van der Waals surface area contributed by atoms with E-state index in [1.165, 1.54) is 0 Å². The number of allylic oxidation sites excluding steroid dienone is 1. The number of nitrogens with zero attached hydrogens (tertiary/aromatic N) is 2. The molecule has 2 N–H and O–H groups in total. The number of amides is 1. The zero-order valence-electron chi connectivity index (χ0n) is 21.9. The second kappa shape index (κ2) is 12.7. The van der Waals surface area contributed by atoms with E-state index in [1.54, 1.807) is 0 Å². The lowest BCUT2D eigenvalue weighted by Gasteiger charge is -2.44. The third kappa shape index (κ3) is 7.03. The van der Waals surface area contributed by atoms with E-state index in [4.69, 9.17) is 4.74 Å². The summed E-state index contributed by atoms with van der Waals surface area (Å²) in [5.74, 6) is -0.320. The largest absolute Gasteiger partial charge is 0.461 e. The van der Waals surface area contributed by atoms with Gasteiger partial charge in [-0.15, -0.1) is 16.8 Å². The van der Waals surface area contributed by atoms with E-state index in [0.29, 0.717) is 13.0 Å². The number of halogens is 3. The van der Waals surface area contributed by atoms with Crippen molar-refractivity contribution in [3.63, 3.8) is 0 Å². The highest BCUT2D eigenvalue weighted by molar-refractivity contribution is 5.91. The van der Waals surface area contributed by atoms with Gasteiger partial charge in [0.15, 0.2) is 11.5 Å². The topological polar surface area (TPSA) is 93.2 Å². The summed E-state index contributed by atoms with van der Waals surface area (Å²) in [6.07, 6.45) is 4.33. The number of anilines is 1. The average molecular weight is 545 g/mol.